The molecule has 37 heavy (non-hydrogen) atoms. The molecule has 0 radical (unpaired) electrons. The number of nitrogens with one attached hydrogen (secondary N) is 1. The Morgan fingerprint density at radius 3 is 2.43 bits per heavy atom. The number of hydrogen-bond donors (Lipinski definition) is 2. The minimum Gasteiger partial charge on any atom is -0.457 e. The van der Waals surface area contributed by atoms with Gasteiger partial charge in [0.1, 0.15) is 29.3 Å². The molecule has 0 saturated heterocycles. The lowest BCUT2D eigenvalue weighted by Crippen LogP contribution is -2.33. The van der Waals surface area contributed by atoms with E-state index in [4.69, 9.17) is 10.5 Å². The number of aromatic nitrogens is 5. The number of para-hydroxylation sites is 1. The van der Waals surface area contributed by atoms with Gasteiger partial charge < -0.3 is 20.4 Å². The van der Waals surface area contributed by atoms with Gasteiger partial charge in [-0.1, -0.05) is 30.3 Å². The van der Waals surface area contributed by atoms with Gasteiger partial charge in [0.15, 0.2) is 0 Å². The highest BCUT2D eigenvalue weighted by atomic mass is 16.5. The van der Waals surface area contributed by atoms with Crippen molar-refractivity contribution in [3.63, 3.8) is 0 Å². The number of aryl methyl sites for hydroxylation is 1. The highest BCUT2D eigenvalue weighted by Gasteiger charge is 2.25. The smallest absolute Gasteiger partial charge is 0.146 e. The van der Waals surface area contributed by atoms with Crippen molar-refractivity contribution in [2.24, 2.45) is 7.05 Å². The predicted molar refractivity (Wildman–Crippen MR) is 145 cm³/mol. The summed E-state index contributed by atoms with van der Waals surface area (Å²) < 4.78 is 10.2. The van der Waals surface area contributed by atoms with Crippen LogP contribution in [0.15, 0.2) is 79.4 Å². The van der Waals surface area contributed by atoms with Crippen molar-refractivity contribution >= 4 is 16.9 Å². The molecule has 0 atom stereocenters. The summed E-state index contributed by atoms with van der Waals surface area (Å²) in [6.07, 6.45) is 10.0. The molecule has 8 heteroatoms. The van der Waals surface area contributed by atoms with Crippen LogP contribution in [0.5, 0.6) is 11.5 Å². The molecular formula is C29H31N7O. The zero-order valence-corrected chi connectivity index (χ0v) is 20.9. The molecule has 3 aromatic heterocycles. The monoisotopic (exact) mass is 493 g/mol. The Hall–Kier alpha value is -4.17. The van der Waals surface area contributed by atoms with Gasteiger partial charge in [-0.25, -0.2) is 9.97 Å². The molecule has 6 rings (SSSR count). The lowest BCUT2D eigenvalue weighted by Gasteiger charge is -2.30. The number of benzene rings is 2. The lowest BCUT2D eigenvalue weighted by atomic mass is 9.91. The van der Waals surface area contributed by atoms with Gasteiger partial charge in [0, 0.05) is 43.6 Å². The molecule has 5 aromatic rings. The topological polar surface area (TPSA) is 95.8 Å². The van der Waals surface area contributed by atoms with Crippen molar-refractivity contribution in [1.29, 1.82) is 0 Å². The van der Waals surface area contributed by atoms with Gasteiger partial charge in [0.25, 0.3) is 0 Å². The zero-order chi connectivity index (χ0) is 25.2. The van der Waals surface area contributed by atoms with E-state index in [1.54, 1.807) is 6.33 Å². The maximum atomic E-state index is 6.38. The Morgan fingerprint density at radius 1 is 0.946 bits per heavy atom. The first-order chi connectivity index (χ1) is 18.2. The number of hydrogen-bond acceptors (Lipinski definition) is 6. The van der Waals surface area contributed by atoms with Crippen molar-refractivity contribution in [3.05, 3.63) is 85.1 Å². The van der Waals surface area contributed by atoms with Crippen LogP contribution in [0.2, 0.25) is 0 Å². The first kappa shape index (κ1) is 23.2. The van der Waals surface area contributed by atoms with Crippen LogP contribution in [-0.2, 0) is 13.6 Å². The zero-order valence-electron chi connectivity index (χ0n) is 20.9. The van der Waals surface area contributed by atoms with Gasteiger partial charge in [-0.15, -0.1) is 0 Å². The van der Waals surface area contributed by atoms with Gasteiger partial charge in [0.05, 0.1) is 11.1 Å². The molecule has 1 aliphatic rings. The number of nitrogen functional groups attached to an aromatic ring is 1. The third kappa shape index (κ3) is 4.80. The Morgan fingerprint density at radius 2 is 1.70 bits per heavy atom. The third-order valence-electron chi connectivity index (χ3n) is 7.37. The molecule has 3 N–H and O–H groups in total. The van der Waals surface area contributed by atoms with E-state index in [1.807, 2.05) is 60.4 Å². The second kappa shape index (κ2) is 10.1. The fourth-order valence-corrected chi connectivity index (χ4v) is 5.31. The van der Waals surface area contributed by atoms with Gasteiger partial charge in [-0.05, 0) is 61.6 Å². The fraction of sp³-hybridized carbons (Fsp3) is 0.276. The fourth-order valence-electron chi connectivity index (χ4n) is 5.31. The van der Waals surface area contributed by atoms with E-state index in [9.17, 15) is 0 Å². The number of anilines is 1. The molecule has 1 saturated carbocycles. The SMILES string of the molecule is Cn1nccc1CN[C@H]1CC[C@H](n2cc(-c3ccc(Oc4ccccc4)cc3)c3c(N)ncnc32)CC1. The maximum Gasteiger partial charge on any atom is 0.146 e. The van der Waals surface area contributed by atoms with Gasteiger partial charge in [0.2, 0.25) is 0 Å². The molecule has 188 valence electrons. The minimum absolute atomic E-state index is 0.376. The molecule has 1 fully saturated rings. The van der Waals surface area contributed by atoms with E-state index in [1.165, 1.54) is 5.69 Å². The third-order valence-corrected chi connectivity index (χ3v) is 7.37. The molecule has 0 spiro atoms. The minimum atomic E-state index is 0.376. The molecule has 3 heterocycles. The molecule has 8 nitrogen and oxygen atoms in total. The molecule has 0 bridgehead atoms. The standard InChI is InChI=1S/C29H31N7O/c1-35-23(15-16-34-35)17-31-21-9-11-22(12-10-21)36-18-26(27-28(30)32-19-33-29(27)36)20-7-13-25(14-8-20)37-24-5-3-2-4-6-24/h2-8,13-16,18-19,21-22,31H,9-12,17H2,1H3,(H2,30,32,33)/t21-,22-. The van der Waals surface area contributed by atoms with E-state index in [2.05, 4.69) is 49.3 Å². The van der Waals surface area contributed by atoms with Crippen molar-refractivity contribution in [1.82, 2.24) is 29.6 Å². The molecule has 0 aliphatic heterocycles. The van der Waals surface area contributed by atoms with Crippen LogP contribution in [0.1, 0.15) is 37.4 Å². The molecule has 0 unspecified atom stereocenters. The second-order valence-electron chi connectivity index (χ2n) is 9.68. The summed E-state index contributed by atoms with van der Waals surface area (Å²) in [5, 5.41) is 8.88. The first-order valence-corrected chi connectivity index (χ1v) is 12.8. The summed E-state index contributed by atoms with van der Waals surface area (Å²) in [7, 11) is 1.99. The molecule has 1 aliphatic carbocycles. The van der Waals surface area contributed by atoms with E-state index in [0.29, 0.717) is 17.9 Å². The summed E-state index contributed by atoms with van der Waals surface area (Å²) in [4.78, 5) is 8.96. The van der Waals surface area contributed by atoms with Crippen LogP contribution < -0.4 is 15.8 Å². The average molecular weight is 494 g/mol. The summed E-state index contributed by atoms with van der Waals surface area (Å²) in [6.45, 7) is 0.843. The summed E-state index contributed by atoms with van der Waals surface area (Å²) >= 11 is 0. The quantitative estimate of drug-likeness (QED) is 0.312. The van der Waals surface area contributed by atoms with Crippen molar-refractivity contribution in [2.75, 3.05) is 5.73 Å². The Kier molecular flexibility index (Phi) is 6.32. The van der Waals surface area contributed by atoms with Crippen LogP contribution in [0, 0.1) is 0 Å². The number of ether oxygens (including phenoxy) is 1. The van der Waals surface area contributed by atoms with Crippen LogP contribution in [-0.4, -0.2) is 30.4 Å². The van der Waals surface area contributed by atoms with Crippen molar-refractivity contribution in [2.45, 2.75) is 44.3 Å². The largest absolute Gasteiger partial charge is 0.457 e. The number of fused-ring (bicyclic) bond motifs is 1. The summed E-state index contributed by atoms with van der Waals surface area (Å²) in [5.41, 5.74) is 10.6. The number of rotatable bonds is 7. The normalized spacial score (nSPS) is 17.8. The van der Waals surface area contributed by atoms with E-state index in [0.717, 1.165) is 65.9 Å². The number of nitrogens with two attached hydrogens (primary N) is 1. The van der Waals surface area contributed by atoms with E-state index in [-0.39, 0.29) is 0 Å². The number of nitrogens with zero attached hydrogens (tertiary/aromatic N) is 5. The van der Waals surface area contributed by atoms with Crippen LogP contribution in [0.25, 0.3) is 22.2 Å². The highest BCUT2D eigenvalue weighted by molar-refractivity contribution is 6.00. The van der Waals surface area contributed by atoms with Crippen molar-refractivity contribution in [3.8, 4) is 22.6 Å². The Labute approximate surface area is 216 Å². The summed E-state index contributed by atoms with van der Waals surface area (Å²) in [5.74, 6) is 2.12. The maximum absolute atomic E-state index is 6.38. The van der Waals surface area contributed by atoms with Gasteiger partial charge >= 0.3 is 0 Å². The molecule has 0 amide bonds. The average Bonchev–Trinajstić information content (AvgIpc) is 3.53. The van der Waals surface area contributed by atoms with Gasteiger partial charge in [-0.2, -0.15) is 5.10 Å². The van der Waals surface area contributed by atoms with Crippen molar-refractivity contribution < 1.29 is 4.74 Å². The summed E-state index contributed by atoms with van der Waals surface area (Å²) in [6, 6.07) is 20.9. The second-order valence-corrected chi connectivity index (χ2v) is 9.68. The highest BCUT2D eigenvalue weighted by Crippen LogP contribution is 2.38. The lowest BCUT2D eigenvalue weighted by molar-refractivity contribution is 0.292. The van der Waals surface area contributed by atoms with Gasteiger partial charge in [-0.3, -0.25) is 4.68 Å². The molecular weight excluding hydrogens is 462 g/mol. The van der Waals surface area contributed by atoms with Crippen LogP contribution >= 0.6 is 0 Å². The Balaban J connectivity index is 1.21. The van der Waals surface area contributed by atoms with Crippen LogP contribution in [0.4, 0.5) is 5.82 Å². The predicted octanol–water partition coefficient (Wildman–Crippen LogP) is 5.48. The van der Waals surface area contributed by atoms with E-state index < -0.39 is 0 Å². The Bertz CT molecular complexity index is 1480. The first-order valence-electron chi connectivity index (χ1n) is 12.8. The van der Waals surface area contributed by atoms with E-state index >= 15 is 0 Å². The molecule has 2 aromatic carbocycles. The van der Waals surface area contributed by atoms with Crippen LogP contribution in [0.3, 0.4) is 0 Å².